The van der Waals surface area contributed by atoms with Crippen molar-refractivity contribution >= 4 is 17.7 Å². The summed E-state index contributed by atoms with van der Waals surface area (Å²) in [5.74, 6) is -0.448. The Morgan fingerprint density at radius 2 is 2.14 bits per heavy atom. The number of carbonyl (C=O) groups excluding carboxylic acids is 1. The molecule has 0 aliphatic rings. The van der Waals surface area contributed by atoms with Crippen LogP contribution >= 0.6 is 11.8 Å². The van der Waals surface area contributed by atoms with Crippen LogP contribution in [0.5, 0.6) is 0 Å². The summed E-state index contributed by atoms with van der Waals surface area (Å²) in [5.41, 5.74) is 2.36. The van der Waals surface area contributed by atoms with Crippen LogP contribution < -0.4 is 10.9 Å². The van der Waals surface area contributed by atoms with Crippen molar-refractivity contribution in [1.29, 1.82) is 0 Å². The molecule has 0 aliphatic heterocycles. The molecule has 0 radical (unpaired) electrons. The third-order valence-corrected chi connectivity index (χ3v) is 4.15. The number of rotatable bonds is 4. The minimum atomic E-state index is -0.448. The Morgan fingerprint density at radius 1 is 1.45 bits per heavy atom. The molecular weight excluding hydrogens is 302 g/mol. The molecule has 2 aromatic rings. The molecule has 0 saturated carbocycles. The van der Waals surface area contributed by atoms with Crippen LogP contribution in [-0.4, -0.2) is 31.9 Å². The lowest BCUT2D eigenvalue weighted by Gasteiger charge is -2.14. The number of hydrogen-bond acceptors (Lipinski definition) is 5. The summed E-state index contributed by atoms with van der Waals surface area (Å²) in [6.45, 7) is 5.71. The molecule has 1 atom stereocenters. The van der Waals surface area contributed by atoms with E-state index in [1.54, 1.807) is 10.9 Å². The normalized spacial score (nSPS) is 12.2. The van der Waals surface area contributed by atoms with Crippen LogP contribution in [0, 0.1) is 13.8 Å². The van der Waals surface area contributed by atoms with Gasteiger partial charge in [0.05, 0.1) is 11.7 Å². The van der Waals surface area contributed by atoms with E-state index in [4.69, 9.17) is 0 Å². The molecule has 1 amide bonds. The quantitative estimate of drug-likeness (QED) is 0.655. The highest BCUT2D eigenvalue weighted by Gasteiger charge is 2.20. The van der Waals surface area contributed by atoms with Gasteiger partial charge in [0.25, 0.3) is 11.5 Å². The summed E-state index contributed by atoms with van der Waals surface area (Å²) in [6, 6.07) is -0.249. The molecule has 2 N–H and O–H groups in total. The van der Waals surface area contributed by atoms with Crippen molar-refractivity contribution in [2.24, 2.45) is 7.05 Å². The largest absolute Gasteiger partial charge is 0.345 e. The van der Waals surface area contributed by atoms with Crippen molar-refractivity contribution in [1.82, 2.24) is 25.1 Å². The Kier molecular flexibility index (Phi) is 4.70. The van der Waals surface area contributed by atoms with Crippen molar-refractivity contribution in [2.75, 3.05) is 6.26 Å². The van der Waals surface area contributed by atoms with Crippen LogP contribution in [0.25, 0.3) is 0 Å². The van der Waals surface area contributed by atoms with Gasteiger partial charge in [0.15, 0.2) is 5.16 Å². The van der Waals surface area contributed by atoms with Crippen LogP contribution in [-0.2, 0) is 7.05 Å². The number of hydrogen-bond donors (Lipinski definition) is 2. The maximum Gasteiger partial charge on any atom is 0.264 e. The lowest BCUT2D eigenvalue weighted by molar-refractivity contribution is 0.0937. The number of carbonyl (C=O) groups is 1. The Morgan fingerprint density at radius 3 is 2.64 bits per heavy atom. The molecule has 2 heterocycles. The molecule has 0 bridgehead atoms. The van der Waals surface area contributed by atoms with Crippen LogP contribution in [0.2, 0.25) is 0 Å². The summed E-state index contributed by atoms with van der Waals surface area (Å²) < 4.78 is 1.77. The molecule has 8 heteroatoms. The number of thioether (sulfide) groups is 1. The van der Waals surface area contributed by atoms with E-state index < -0.39 is 11.5 Å². The SMILES string of the molecule is CSc1ncc(C(=O)N[C@H](C)c2c(C)nn(C)c2C)c(=O)[nH]1. The summed E-state index contributed by atoms with van der Waals surface area (Å²) in [5, 5.41) is 7.64. The third kappa shape index (κ3) is 3.06. The first-order valence-electron chi connectivity index (χ1n) is 6.79. The molecule has 118 valence electrons. The fourth-order valence-electron chi connectivity index (χ4n) is 2.41. The number of nitrogens with zero attached hydrogens (tertiary/aromatic N) is 3. The Bertz CT molecular complexity index is 765. The Balaban J connectivity index is 2.23. The van der Waals surface area contributed by atoms with Gasteiger partial charge in [0, 0.05) is 24.5 Å². The number of aromatic amines is 1. The second-order valence-electron chi connectivity index (χ2n) is 5.04. The first-order chi connectivity index (χ1) is 10.3. The van der Waals surface area contributed by atoms with Crippen molar-refractivity contribution in [3.05, 3.63) is 39.1 Å². The zero-order chi connectivity index (χ0) is 16.4. The molecular formula is C14H19N5O2S. The number of amides is 1. The Labute approximate surface area is 132 Å². The highest BCUT2D eigenvalue weighted by atomic mass is 32.2. The number of H-pyrrole nitrogens is 1. The van der Waals surface area contributed by atoms with Crippen LogP contribution in [0.4, 0.5) is 0 Å². The predicted octanol–water partition coefficient (Wildman–Crippen LogP) is 1.33. The summed E-state index contributed by atoms with van der Waals surface area (Å²) in [4.78, 5) is 30.8. The molecule has 0 aromatic carbocycles. The summed E-state index contributed by atoms with van der Waals surface area (Å²) in [6.07, 6.45) is 3.10. The zero-order valence-electron chi connectivity index (χ0n) is 13.2. The van der Waals surface area contributed by atoms with E-state index in [1.165, 1.54) is 18.0 Å². The average Bonchev–Trinajstić information content (AvgIpc) is 2.71. The predicted molar refractivity (Wildman–Crippen MR) is 85.2 cm³/mol. The van der Waals surface area contributed by atoms with Gasteiger partial charge < -0.3 is 10.3 Å². The molecule has 0 unspecified atom stereocenters. The second-order valence-corrected chi connectivity index (χ2v) is 5.83. The molecule has 0 aliphatic carbocycles. The topological polar surface area (TPSA) is 92.7 Å². The van der Waals surface area contributed by atoms with Gasteiger partial charge in [-0.25, -0.2) is 4.98 Å². The number of nitrogens with one attached hydrogen (secondary N) is 2. The lowest BCUT2D eigenvalue weighted by Crippen LogP contribution is -2.32. The van der Waals surface area contributed by atoms with Crippen molar-refractivity contribution in [3.63, 3.8) is 0 Å². The first kappa shape index (κ1) is 16.3. The fourth-order valence-corrected chi connectivity index (χ4v) is 2.76. The standard InChI is InChI=1S/C14H19N5O2S/c1-7(11-8(2)18-19(4)9(11)3)16-12(20)10-6-15-14(22-5)17-13(10)21/h6-7H,1-5H3,(H,16,20)(H,15,17,21)/t7-/m1/s1. The molecule has 0 saturated heterocycles. The maximum absolute atomic E-state index is 12.3. The fraction of sp³-hybridized carbons (Fsp3) is 0.429. The zero-order valence-corrected chi connectivity index (χ0v) is 14.0. The molecule has 22 heavy (non-hydrogen) atoms. The van der Waals surface area contributed by atoms with Crippen LogP contribution in [0.3, 0.4) is 0 Å². The maximum atomic E-state index is 12.3. The second kappa shape index (κ2) is 6.35. The van der Waals surface area contributed by atoms with E-state index in [2.05, 4.69) is 20.4 Å². The number of aromatic nitrogens is 4. The van der Waals surface area contributed by atoms with Gasteiger partial charge in [-0.2, -0.15) is 5.10 Å². The van der Waals surface area contributed by atoms with E-state index in [1.807, 2.05) is 27.8 Å². The van der Waals surface area contributed by atoms with Gasteiger partial charge >= 0.3 is 0 Å². The smallest absolute Gasteiger partial charge is 0.264 e. The Hall–Kier alpha value is -2.09. The highest BCUT2D eigenvalue weighted by Crippen LogP contribution is 2.20. The van der Waals surface area contributed by atoms with Crippen molar-refractivity contribution in [2.45, 2.75) is 32.0 Å². The van der Waals surface area contributed by atoms with E-state index >= 15 is 0 Å². The third-order valence-electron chi connectivity index (χ3n) is 3.56. The van der Waals surface area contributed by atoms with Gasteiger partial charge in [-0.3, -0.25) is 14.3 Å². The molecule has 0 fully saturated rings. The van der Waals surface area contributed by atoms with Gasteiger partial charge in [0.2, 0.25) is 0 Å². The van der Waals surface area contributed by atoms with Crippen LogP contribution in [0.1, 0.15) is 40.3 Å². The van der Waals surface area contributed by atoms with Crippen molar-refractivity contribution in [3.8, 4) is 0 Å². The minimum Gasteiger partial charge on any atom is -0.345 e. The van der Waals surface area contributed by atoms with Crippen molar-refractivity contribution < 1.29 is 4.79 Å². The first-order valence-corrected chi connectivity index (χ1v) is 8.01. The van der Waals surface area contributed by atoms with E-state index in [0.717, 1.165) is 17.0 Å². The van der Waals surface area contributed by atoms with Gasteiger partial charge in [-0.1, -0.05) is 11.8 Å². The van der Waals surface area contributed by atoms with E-state index in [0.29, 0.717) is 5.16 Å². The molecule has 2 aromatic heterocycles. The van der Waals surface area contributed by atoms with Gasteiger partial charge in [-0.15, -0.1) is 0 Å². The van der Waals surface area contributed by atoms with Gasteiger partial charge in [0.1, 0.15) is 5.56 Å². The minimum absolute atomic E-state index is 0.00356. The lowest BCUT2D eigenvalue weighted by atomic mass is 10.1. The highest BCUT2D eigenvalue weighted by molar-refractivity contribution is 7.98. The monoisotopic (exact) mass is 321 g/mol. The average molecular weight is 321 g/mol. The summed E-state index contributed by atoms with van der Waals surface area (Å²) in [7, 11) is 1.86. The summed E-state index contributed by atoms with van der Waals surface area (Å²) >= 11 is 1.31. The van der Waals surface area contributed by atoms with Gasteiger partial charge in [-0.05, 0) is 27.0 Å². The molecule has 2 rings (SSSR count). The number of aryl methyl sites for hydroxylation is 2. The van der Waals surface area contributed by atoms with Crippen LogP contribution in [0.15, 0.2) is 16.1 Å². The van der Waals surface area contributed by atoms with E-state index in [9.17, 15) is 9.59 Å². The molecule has 0 spiro atoms. The molecule has 7 nitrogen and oxygen atoms in total. The van der Waals surface area contributed by atoms with E-state index in [-0.39, 0.29) is 11.6 Å².